The van der Waals surface area contributed by atoms with Crippen LogP contribution in [0.4, 0.5) is 10.1 Å². The summed E-state index contributed by atoms with van der Waals surface area (Å²) in [5, 5.41) is 10.6. The summed E-state index contributed by atoms with van der Waals surface area (Å²) < 4.78 is 20.7. The maximum absolute atomic E-state index is 14.0. The average Bonchev–Trinajstić information content (AvgIpc) is 3.10. The number of carbonyl (C=O) groups is 1. The van der Waals surface area contributed by atoms with E-state index in [0.717, 1.165) is 0 Å². The highest BCUT2D eigenvalue weighted by Gasteiger charge is 2.19. The van der Waals surface area contributed by atoms with Gasteiger partial charge in [0.2, 0.25) is 5.91 Å². The third kappa shape index (κ3) is 4.02. The molecule has 6 nitrogen and oxygen atoms in total. The molecule has 0 fully saturated rings. The molecule has 0 aliphatic heterocycles. The maximum Gasteiger partial charge on any atom is 0.237 e. The number of methoxy groups -OCH3 is 1. The van der Waals surface area contributed by atoms with Crippen LogP contribution in [0.15, 0.2) is 60.0 Å². The number of carbonyl (C=O) groups excluding carboxylic acids is 1. The topological polar surface area (TPSA) is 69.0 Å². The monoisotopic (exact) mass is 372 g/mol. The van der Waals surface area contributed by atoms with Crippen LogP contribution in [-0.4, -0.2) is 33.0 Å². The Hall–Kier alpha value is -2.87. The molecule has 0 saturated heterocycles. The number of hydrogen-bond donors (Lipinski definition) is 1. The molecule has 0 aliphatic rings. The normalized spacial score (nSPS) is 11.8. The van der Waals surface area contributed by atoms with Gasteiger partial charge in [0.25, 0.3) is 0 Å². The Kier molecular flexibility index (Phi) is 5.52. The van der Waals surface area contributed by atoms with Crippen LogP contribution < -0.4 is 10.1 Å². The quantitative estimate of drug-likeness (QED) is 0.671. The first kappa shape index (κ1) is 17.9. The molecule has 1 atom stereocenters. The number of aromatic nitrogens is 3. The lowest BCUT2D eigenvalue weighted by Gasteiger charge is -2.13. The molecule has 3 aromatic rings. The molecule has 0 saturated carbocycles. The molecule has 1 amide bonds. The van der Waals surface area contributed by atoms with E-state index in [0.29, 0.717) is 22.3 Å². The molecule has 8 heteroatoms. The number of nitrogens with zero attached hydrogens (tertiary/aromatic N) is 3. The molecule has 0 radical (unpaired) electrons. The fraction of sp³-hybridized carbons (Fsp3) is 0.167. The first-order chi connectivity index (χ1) is 12.6. The van der Waals surface area contributed by atoms with E-state index in [1.54, 1.807) is 56.5 Å². The Morgan fingerprint density at radius 1 is 1.27 bits per heavy atom. The summed E-state index contributed by atoms with van der Waals surface area (Å²) in [4.78, 5) is 12.4. The zero-order valence-corrected chi connectivity index (χ0v) is 15.0. The summed E-state index contributed by atoms with van der Waals surface area (Å²) >= 11 is 1.20. The average molecular weight is 372 g/mol. The summed E-state index contributed by atoms with van der Waals surface area (Å²) in [5.74, 6) is 0.0661. The Balaban J connectivity index is 1.72. The molecule has 2 aromatic carbocycles. The largest absolute Gasteiger partial charge is 0.497 e. The van der Waals surface area contributed by atoms with Crippen molar-refractivity contribution in [3.63, 3.8) is 0 Å². The van der Waals surface area contributed by atoms with Crippen molar-refractivity contribution in [1.82, 2.24) is 14.8 Å². The van der Waals surface area contributed by atoms with Crippen molar-refractivity contribution >= 4 is 23.4 Å². The van der Waals surface area contributed by atoms with Crippen molar-refractivity contribution in [2.75, 3.05) is 12.4 Å². The number of halogens is 1. The van der Waals surface area contributed by atoms with Crippen molar-refractivity contribution in [3.8, 4) is 11.4 Å². The molecule has 0 aliphatic carbocycles. The summed E-state index contributed by atoms with van der Waals surface area (Å²) in [5.41, 5.74) is 0.970. The number of rotatable bonds is 6. The molecule has 1 N–H and O–H groups in total. The van der Waals surface area contributed by atoms with Crippen LogP contribution in [0.3, 0.4) is 0 Å². The molecule has 0 unspecified atom stereocenters. The minimum absolute atomic E-state index is 0.202. The molecule has 0 spiro atoms. The van der Waals surface area contributed by atoms with Gasteiger partial charge >= 0.3 is 0 Å². The second kappa shape index (κ2) is 8.01. The van der Waals surface area contributed by atoms with Gasteiger partial charge in [-0.05, 0) is 31.2 Å². The van der Waals surface area contributed by atoms with Crippen LogP contribution >= 0.6 is 11.8 Å². The highest BCUT2D eigenvalue weighted by Crippen LogP contribution is 2.26. The Morgan fingerprint density at radius 2 is 2.08 bits per heavy atom. The first-order valence-electron chi connectivity index (χ1n) is 7.85. The number of thioether (sulfide) groups is 1. The van der Waals surface area contributed by atoms with E-state index >= 15 is 0 Å². The summed E-state index contributed by atoms with van der Waals surface area (Å²) in [6.45, 7) is 1.75. The SMILES string of the molecule is COc1cccc(NC(=O)[C@H](C)Sc2nncn2-c2ccccc2F)c1. The molecule has 134 valence electrons. The predicted molar refractivity (Wildman–Crippen MR) is 98.3 cm³/mol. The fourth-order valence-corrected chi connectivity index (χ4v) is 3.11. The fourth-order valence-electron chi connectivity index (χ4n) is 2.27. The molecule has 1 heterocycles. The number of benzene rings is 2. The van der Waals surface area contributed by atoms with Gasteiger partial charge in [0, 0.05) is 11.8 Å². The lowest BCUT2D eigenvalue weighted by atomic mass is 10.3. The van der Waals surface area contributed by atoms with Crippen LogP contribution in [-0.2, 0) is 4.79 Å². The van der Waals surface area contributed by atoms with Crippen molar-refractivity contribution in [2.45, 2.75) is 17.3 Å². The van der Waals surface area contributed by atoms with Crippen LogP contribution in [0.25, 0.3) is 5.69 Å². The third-order valence-electron chi connectivity index (χ3n) is 3.62. The second-order valence-corrected chi connectivity index (χ2v) is 6.72. The van der Waals surface area contributed by atoms with Gasteiger partial charge in [-0.3, -0.25) is 9.36 Å². The lowest BCUT2D eigenvalue weighted by Crippen LogP contribution is -2.22. The predicted octanol–water partition coefficient (Wildman–Crippen LogP) is 3.53. The van der Waals surface area contributed by atoms with Crippen molar-refractivity contribution in [2.24, 2.45) is 0 Å². The number of para-hydroxylation sites is 1. The minimum Gasteiger partial charge on any atom is -0.497 e. The lowest BCUT2D eigenvalue weighted by molar-refractivity contribution is -0.115. The van der Waals surface area contributed by atoms with Crippen molar-refractivity contribution in [3.05, 3.63) is 60.7 Å². The van der Waals surface area contributed by atoms with Gasteiger partial charge < -0.3 is 10.1 Å². The van der Waals surface area contributed by atoms with Crippen molar-refractivity contribution < 1.29 is 13.9 Å². The van der Waals surface area contributed by atoms with Crippen LogP contribution in [0.1, 0.15) is 6.92 Å². The summed E-state index contributed by atoms with van der Waals surface area (Å²) in [7, 11) is 1.56. The van der Waals surface area contributed by atoms with Crippen LogP contribution in [0, 0.1) is 5.82 Å². The third-order valence-corrected chi connectivity index (χ3v) is 4.67. The van der Waals surface area contributed by atoms with Crippen LogP contribution in [0.5, 0.6) is 5.75 Å². The van der Waals surface area contributed by atoms with Gasteiger partial charge in [0.15, 0.2) is 5.16 Å². The standard InChI is InChI=1S/C18H17FN4O2S/c1-12(17(24)21-13-6-5-7-14(10-13)25-2)26-18-22-20-11-23(18)16-9-4-3-8-15(16)19/h3-12H,1-2H3,(H,21,24)/t12-/m0/s1. The van der Waals surface area contributed by atoms with Gasteiger partial charge in [-0.1, -0.05) is 30.0 Å². The van der Waals surface area contributed by atoms with Gasteiger partial charge in [0.1, 0.15) is 17.9 Å². The smallest absolute Gasteiger partial charge is 0.237 e. The molecule has 1 aromatic heterocycles. The van der Waals surface area contributed by atoms with Gasteiger partial charge in [-0.15, -0.1) is 10.2 Å². The highest BCUT2D eigenvalue weighted by molar-refractivity contribution is 8.00. The molecular weight excluding hydrogens is 355 g/mol. The van der Waals surface area contributed by atoms with E-state index in [2.05, 4.69) is 15.5 Å². The van der Waals surface area contributed by atoms with Gasteiger partial charge in [-0.25, -0.2) is 4.39 Å². The Bertz CT molecular complexity index is 915. The number of anilines is 1. The van der Waals surface area contributed by atoms with Gasteiger partial charge in [-0.2, -0.15) is 0 Å². The maximum atomic E-state index is 14.0. The Labute approximate surface area is 154 Å². The van der Waals surface area contributed by atoms with E-state index in [1.807, 2.05) is 0 Å². The molecule has 26 heavy (non-hydrogen) atoms. The van der Waals surface area contributed by atoms with E-state index in [9.17, 15) is 9.18 Å². The van der Waals surface area contributed by atoms with E-state index in [4.69, 9.17) is 4.74 Å². The number of ether oxygens (including phenoxy) is 1. The van der Waals surface area contributed by atoms with E-state index < -0.39 is 5.25 Å². The second-order valence-electron chi connectivity index (χ2n) is 5.42. The van der Waals surface area contributed by atoms with E-state index in [1.165, 1.54) is 28.7 Å². The Morgan fingerprint density at radius 3 is 2.85 bits per heavy atom. The number of hydrogen-bond acceptors (Lipinski definition) is 5. The number of nitrogens with one attached hydrogen (secondary N) is 1. The zero-order valence-electron chi connectivity index (χ0n) is 14.2. The summed E-state index contributed by atoms with van der Waals surface area (Å²) in [6.07, 6.45) is 1.42. The van der Waals surface area contributed by atoms with Crippen LogP contribution in [0.2, 0.25) is 0 Å². The van der Waals surface area contributed by atoms with Gasteiger partial charge in [0.05, 0.1) is 18.0 Å². The van der Waals surface area contributed by atoms with Crippen molar-refractivity contribution in [1.29, 1.82) is 0 Å². The summed E-state index contributed by atoms with van der Waals surface area (Å²) in [6, 6.07) is 13.4. The molecular formula is C18H17FN4O2S. The zero-order chi connectivity index (χ0) is 18.5. The van der Waals surface area contributed by atoms with E-state index in [-0.39, 0.29) is 11.7 Å². The minimum atomic E-state index is -0.462. The first-order valence-corrected chi connectivity index (χ1v) is 8.73. The molecule has 3 rings (SSSR count). The highest BCUT2D eigenvalue weighted by atomic mass is 32.2. The molecule has 0 bridgehead atoms. The number of amides is 1.